The highest BCUT2D eigenvalue weighted by Gasteiger charge is 2.15. The van der Waals surface area contributed by atoms with Crippen molar-refractivity contribution < 1.29 is 9.53 Å². The van der Waals surface area contributed by atoms with Gasteiger partial charge in [-0.05, 0) is 12.5 Å². The van der Waals surface area contributed by atoms with E-state index in [2.05, 4.69) is 6.58 Å². The van der Waals surface area contributed by atoms with E-state index >= 15 is 0 Å². The van der Waals surface area contributed by atoms with Crippen LogP contribution in [-0.4, -0.2) is 12.6 Å². The molecule has 2 nitrogen and oxygen atoms in total. The molecule has 0 aliphatic carbocycles. The van der Waals surface area contributed by atoms with Crippen molar-refractivity contribution >= 4 is 5.97 Å². The topological polar surface area (TPSA) is 26.3 Å². The lowest BCUT2D eigenvalue weighted by molar-refractivity contribution is -0.143. The summed E-state index contributed by atoms with van der Waals surface area (Å²) in [5.41, 5.74) is 0.974. The smallest absolute Gasteiger partial charge is 0.313 e. The highest BCUT2D eigenvalue weighted by Crippen LogP contribution is 2.15. The Bertz CT molecular complexity index is 303. The first kappa shape index (κ1) is 10.5. The first-order valence-corrected chi connectivity index (χ1v) is 4.58. The Balaban J connectivity index is 2.61. The molecule has 1 unspecified atom stereocenters. The van der Waals surface area contributed by atoms with Gasteiger partial charge < -0.3 is 4.74 Å². The molecule has 1 atom stereocenters. The average molecular weight is 190 g/mol. The van der Waals surface area contributed by atoms with E-state index in [9.17, 15) is 4.79 Å². The predicted octanol–water partition coefficient (Wildman–Crippen LogP) is 2.52. The van der Waals surface area contributed by atoms with Crippen LogP contribution in [0.1, 0.15) is 18.4 Å². The number of carbonyl (C=O) groups is 1. The third-order valence-corrected chi connectivity index (χ3v) is 2.00. The van der Waals surface area contributed by atoms with E-state index in [1.165, 1.54) is 0 Å². The van der Waals surface area contributed by atoms with E-state index in [0.29, 0.717) is 0 Å². The zero-order valence-electron chi connectivity index (χ0n) is 8.27. The fraction of sp³-hybridized carbons (Fsp3) is 0.250. The van der Waals surface area contributed by atoms with E-state index in [1.54, 1.807) is 6.08 Å². The minimum Gasteiger partial charge on any atom is -0.461 e. The highest BCUT2D eigenvalue weighted by molar-refractivity contribution is 5.77. The standard InChI is InChI=1S/C12H14O2/c1-3-9-14-12(13)10(2)11-7-5-4-6-8-11/h3-8,10H,1,9H2,2H3. The monoisotopic (exact) mass is 190 g/mol. The van der Waals surface area contributed by atoms with Crippen LogP contribution in [0.15, 0.2) is 43.0 Å². The molecule has 0 fully saturated rings. The van der Waals surface area contributed by atoms with E-state index in [0.717, 1.165) is 5.56 Å². The fourth-order valence-corrected chi connectivity index (χ4v) is 1.14. The molecule has 0 aliphatic heterocycles. The highest BCUT2D eigenvalue weighted by atomic mass is 16.5. The second-order valence-electron chi connectivity index (χ2n) is 3.05. The zero-order chi connectivity index (χ0) is 10.4. The second kappa shape index (κ2) is 5.22. The molecule has 0 N–H and O–H groups in total. The lowest BCUT2D eigenvalue weighted by atomic mass is 10.0. The molecule has 1 aromatic carbocycles. The normalized spacial score (nSPS) is 11.8. The van der Waals surface area contributed by atoms with Gasteiger partial charge in [0.1, 0.15) is 6.61 Å². The van der Waals surface area contributed by atoms with Gasteiger partial charge in [-0.1, -0.05) is 43.0 Å². The molecule has 0 heterocycles. The van der Waals surface area contributed by atoms with Crippen molar-refractivity contribution in [2.75, 3.05) is 6.61 Å². The summed E-state index contributed by atoms with van der Waals surface area (Å²) in [5, 5.41) is 0. The molecule has 0 radical (unpaired) electrons. The van der Waals surface area contributed by atoms with Crippen LogP contribution in [-0.2, 0) is 9.53 Å². The predicted molar refractivity (Wildman–Crippen MR) is 56.0 cm³/mol. The molecule has 0 saturated heterocycles. The number of hydrogen-bond acceptors (Lipinski definition) is 2. The molecule has 1 aromatic rings. The molecule has 0 bridgehead atoms. The summed E-state index contributed by atoms with van der Waals surface area (Å²) in [4.78, 5) is 11.4. The summed E-state index contributed by atoms with van der Waals surface area (Å²) in [6.45, 7) is 5.60. The third-order valence-electron chi connectivity index (χ3n) is 2.00. The van der Waals surface area contributed by atoms with Gasteiger partial charge in [0, 0.05) is 0 Å². The van der Waals surface area contributed by atoms with Gasteiger partial charge in [0.2, 0.25) is 0 Å². The number of benzene rings is 1. The van der Waals surface area contributed by atoms with Gasteiger partial charge in [-0.2, -0.15) is 0 Å². The summed E-state index contributed by atoms with van der Waals surface area (Å²) < 4.78 is 4.95. The first-order chi connectivity index (χ1) is 6.75. The molecule has 1 rings (SSSR count). The minimum absolute atomic E-state index is 0.212. The van der Waals surface area contributed by atoms with Crippen molar-refractivity contribution in [2.24, 2.45) is 0 Å². The summed E-state index contributed by atoms with van der Waals surface area (Å²) in [6, 6.07) is 9.57. The Kier molecular flexibility index (Phi) is 3.92. The maximum atomic E-state index is 11.4. The number of hydrogen-bond donors (Lipinski definition) is 0. The van der Waals surface area contributed by atoms with Gasteiger partial charge in [0.15, 0.2) is 0 Å². The molecule has 0 saturated carbocycles. The maximum Gasteiger partial charge on any atom is 0.313 e. The second-order valence-corrected chi connectivity index (χ2v) is 3.05. The average Bonchev–Trinajstić information content (AvgIpc) is 2.26. The Labute approximate surface area is 84.2 Å². The summed E-state index contributed by atoms with van der Waals surface area (Å²) in [6.07, 6.45) is 1.57. The van der Waals surface area contributed by atoms with Crippen LogP contribution in [0.3, 0.4) is 0 Å². The molecule has 0 aliphatic rings. The number of esters is 1. The van der Waals surface area contributed by atoms with Gasteiger partial charge in [0.25, 0.3) is 0 Å². The molecule has 0 spiro atoms. The largest absolute Gasteiger partial charge is 0.461 e. The van der Waals surface area contributed by atoms with E-state index < -0.39 is 0 Å². The van der Waals surface area contributed by atoms with E-state index in [-0.39, 0.29) is 18.5 Å². The van der Waals surface area contributed by atoms with Crippen molar-refractivity contribution in [3.05, 3.63) is 48.6 Å². The van der Waals surface area contributed by atoms with Crippen molar-refractivity contribution in [1.29, 1.82) is 0 Å². The lowest BCUT2D eigenvalue weighted by Gasteiger charge is -2.10. The molecule has 0 aromatic heterocycles. The van der Waals surface area contributed by atoms with Crippen LogP contribution in [0.2, 0.25) is 0 Å². The van der Waals surface area contributed by atoms with E-state index in [4.69, 9.17) is 4.74 Å². The molecule has 74 valence electrons. The quantitative estimate of drug-likeness (QED) is 0.538. The van der Waals surface area contributed by atoms with Crippen molar-refractivity contribution in [3.63, 3.8) is 0 Å². The van der Waals surface area contributed by atoms with Crippen molar-refractivity contribution in [1.82, 2.24) is 0 Å². The number of ether oxygens (including phenoxy) is 1. The molecule has 0 amide bonds. The molecular weight excluding hydrogens is 176 g/mol. The maximum absolute atomic E-state index is 11.4. The Morgan fingerprint density at radius 2 is 2.14 bits per heavy atom. The minimum atomic E-state index is -0.212. The van der Waals surface area contributed by atoms with Crippen LogP contribution >= 0.6 is 0 Å². The van der Waals surface area contributed by atoms with Gasteiger partial charge in [0.05, 0.1) is 5.92 Å². The van der Waals surface area contributed by atoms with Crippen molar-refractivity contribution in [3.8, 4) is 0 Å². The van der Waals surface area contributed by atoms with Gasteiger partial charge in [-0.25, -0.2) is 0 Å². The molecule has 14 heavy (non-hydrogen) atoms. The number of rotatable bonds is 4. The zero-order valence-corrected chi connectivity index (χ0v) is 8.27. The van der Waals surface area contributed by atoms with Gasteiger partial charge in [-0.15, -0.1) is 0 Å². The summed E-state index contributed by atoms with van der Waals surface area (Å²) in [5.74, 6) is -0.424. The first-order valence-electron chi connectivity index (χ1n) is 4.58. The van der Waals surface area contributed by atoms with Crippen LogP contribution in [0.25, 0.3) is 0 Å². The van der Waals surface area contributed by atoms with Crippen molar-refractivity contribution in [2.45, 2.75) is 12.8 Å². The van der Waals surface area contributed by atoms with E-state index in [1.807, 2.05) is 37.3 Å². The van der Waals surface area contributed by atoms with Gasteiger partial charge in [-0.3, -0.25) is 4.79 Å². The van der Waals surface area contributed by atoms with Crippen LogP contribution in [0, 0.1) is 0 Å². The Morgan fingerprint density at radius 3 is 2.71 bits per heavy atom. The van der Waals surface area contributed by atoms with Crippen LogP contribution in [0.4, 0.5) is 0 Å². The lowest BCUT2D eigenvalue weighted by Crippen LogP contribution is -2.12. The third kappa shape index (κ3) is 2.73. The van der Waals surface area contributed by atoms with Crippen LogP contribution < -0.4 is 0 Å². The molecular formula is C12H14O2. The molecule has 2 heteroatoms. The summed E-state index contributed by atoms with van der Waals surface area (Å²) >= 11 is 0. The Morgan fingerprint density at radius 1 is 1.50 bits per heavy atom. The SMILES string of the molecule is C=CCOC(=O)C(C)c1ccccc1. The summed E-state index contributed by atoms with van der Waals surface area (Å²) in [7, 11) is 0. The number of carbonyl (C=O) groups excluding carboxylic acids is 1. The van der Waals surface area contributed by atoms with Crippen LogP contribution in [0.5, 0.6) is 0 Å². The van der Waals surface area contributed by atoms with Gasteiger partial charge >= 0.3 is 5.97 Å². The Hall–Kier alpha value is -1.57. The fourth-order valence-electron chi connectivity index (χ4n) is 1.14.